The van der Waals surface area contributed by atoms with Crippen molar-refractivity contribution in [2.75, 3.05) is 6.54 Å². The van der Waals surface area contributed by atoms with Crippen LogP contribution in [0, 0.1) is 6.92 Å². The Morgan fingerprint density at radius 2 is 1.72 bits per heavy atom. The van der Waals surface area contributed by atoms with Crippen LogP contribution in [0.3, 0.4) is 0 Å². The fourth-order valence-corrected chi connectivity index (χ4v) is 2.82. The maximum atomic E-state index is 12.4. The van der Waals surface area contributed by atoms with Gasteiger partial charge < -0.3 is 15.2 Å². The molecule has 0 radical (unpaired) electrons. The van der Waals surface area contributed by atoms with Crippen molar-refractivity contribution >= 4 is 16.9 Å². The lowest BCUT2D eigenvalue weighted by Gasteiger charge is -2.13. The topological polar surface area (TPSA) is 63.1 Å². The third-order valence-electron chi connectivity index (χ3n) is 4.10. The molecule has 0 saturated heterocycles. The van der Waals surface area contributed by atoms with Gasteiger partial charge in [0.25, 0.3) is 5.56 Å². The third-order valence-corrected chi connectivity index (χ3v) is 4.10. The van der Waals surface area contributed by atoms with E-state index in [4.69, 9.17) is 0 Å². The maximum absolute atomic E-state index is 12.4. The number of carbonyl (C=O) groups excluding carboxylic acids is 1. The summed E-state index contributed by atoms with van der Waals surface area (Å²) in [6.45, 7) is 3.10. The van der Waals surface area contributed by atoms with Gasteiger partial charge in [0.15, 0.2) is 0 Å². The summed E-state index contributed by atoms with van der Waals surface area (Å²) in [4.78, 5) is 24.3. The number of hydrogen-bond donors (Lipinski definition) is 2. The Kier molecular flexibility index (Phi) is 5.14. The van der Waals surface area contributed by atoms with Crippen LogP contribution >= 0.6 is 0 Å². The zero-order valence-electron chi connectivity index (χ0n) is 14.2. The van der Waals surface area contributed by atoms with E-state index in [1.54, 1.807) is 4.57 Å². The minimum Gasteiger partial charge on any atom is -0.336 e. The Bertz CT molecular complexity index is 933. The summed E-state index contributed by atoms with van der Waals surface area (Å²) in [6.07, 6.45) is 0. The van der Waals surface area contributed by atoms with Crippen LogP contribution in [0.15, 0.2) is 65.5 Å². The van der Waals surface area contributed by atoms with Crippen molar-refractivity contribution in [3.8, 4) is 0 Å². The highest BCUT2D eigenvalue weighted by Gasteiger charge is 2.07. The molecule has 0 unspecified atom stereocenters. The molecule has 5 heteroatoms. The smallest absolute Gasteiger partial charge is 0.315 e. The van der Waals surface area contributed by atoms with E-state index in [0.29, 0.717) is 25.2 Å². The van der Waals surface area contributed by atoms with Crippen LogP contribution in [0.25, 0.3) is 10.9 Å². The summed E-state index contributed by atoms with van der Waals surface area (Å²) in [5.74, 6) is 0. The summed E-state index contributed by atoms with van der Waals surface area (Å²) < 4.78 is 1.71. The first kappa shape index (κ1) is 16.8. The van der Waals surface area contributed by atoms with Crippen molar-refractivity contribution in [2.45, 2.75) is 20.0 Å². The number of fused-ring (bicyclic) bond motifs is 1. The van der Waals surface area contributed by atoms with E-state index in [2.05, 4.69) is 10.6 Å². The molecule has 2 amide bonds. The Balaban J connectivity index is 1.60. The molecule has 0 bridgehead atoms. The lowest BCUT2D eigenvalue weighted by molar-refractivity contribution is 0.240. The summed E-state index contributed by atoms with van der Waals surface area (Å²) in [7, 11) is 0. The lowest BCUT2D eigenvalue weighted by atomic mass is 10.1. The van der Waals surface area contributed by atoms with Gasteiger partial charge in [0, 0.05) is 25.2 Å². The number of amides is 2. The average Bonchev–Trinajstić information content (AvgIpc) is 2.64. The third kappa shape index (κ3) is 4.07. The van der Waals surface area contributed by atoms with Crippen molar-refractivity contribution in [2.24, 2.45) is 0 Å². The highest BCUT2D eigenvalue weighted by Crippen LogP contribution is 2.12. The van der Waals surface area contributed by atoms with Gasteiger partial charge in [-0.25, -0.2) is 4.79 Å². The van der Waals surface area contributed by atoms with Gasteiger partial charge in [-0.2, -0.15) is 0 Å². The molecule has 1 heterocycles. The molecule has 0 spiro atoms. The molecule has 0 aliphatic carbocycles. The van der Waals surface area contributed by atoms with E-state index >= 15 is 0 Å². The minimum atomic E-state index is -0.242. The van der Waals surface area contributed by atoms with Crippen LogP contribution in [0.1, 0.15) is 11.1 Å². The average molecular weight is 335 g/mol. The Labute approximate surface area is 146 Å². The quantitative estimate of drug-likeness (QED) is 0.753. The molecule has 2 aromatic carbocycles. The van der Waals surface area contributed by atoms with E-state index < -0.39 is 0 Å². The van der Waals surface area contributed by atoms with Crippen LogP contribution in [0.4, 0.5) is 4.79 Å². The van der Waals surface area contributed by atoms with Crippen LogP contribution in [-0.2, 0) is 13.1 Å². The first-order valence-corrected chi connectivity index (χ1v) is 8.30. The van der Waals surface area contributed by atoms with E-state index in [1.807, 2.05) is 67.6 Å². The number of para-hydroxylation sites is 1. The number of hydrogen-bond acceptors (Lipinski definition) is 2. The maximum Gasteiger partial charge on any atom is 0.315 e. The molecule has 0 aliphatic heterocycles. The first-order valence-electron chi connectivity index (χ1n) is 8.30. The Morgan fingerprint density at radius 3 is 2.52 bits per heavy atom. The van der Waals surface area contributed by atoms with E-state index in [-0.39, 0.29) is 11.6 Å². The van der Waals surface area contributed by atoms with Gasteiger partial charge in [-0.05, 0) is 30.0 Å². The standard InChI is InChI=1S/C20H21N3O2/c1-15-13-17-9-5-6-10-18(17)23(19(15)24)12-11-21-20(25)22-14-16-7-3-2-4-8-16/h2-10,13H,11-12,14H2,1H3,(H2,21,22,25). The van der Waals surface area contributed by atoms with E-state index in [9.17, 15) is 9.59 Å². The molecule has 0 fully saturated rings. The van der Waals surface area contributed by atoms with Gasteiger partial charge >= 0.3 is 6.03 Å². The summed E-state index contributed by atoms with van der Waals surface area (Å²) in [5, 5.41) is 6.64. The number of aromatic nitrogens is 1. The molecule has 3 aromatic rings. The number of nitrogens with zero attached hydrogens (tertiary/aromatic N) is 1. The highest BCUT2D eigenvalue weighted by molar-refractivity contribution is 5.79. The monoisotopic (exact) mass is 335 g/mol. The number of nitrogens with one attached hydrogen (secondary N) is 2. The predicted octanol–water partition coefficient (Wildman–Crippen LogP) is 2.81. The van der Waals surface area contributed by atoms with Crippen molar-refractivity contribution in [3.63, 3.8) is 0 Å². The largest absolute Gasteiger partial charge is 0.336 e. The Morgan fingerprint density at radius 1 is 1.00 bits per heavy atom. The molecule has 5 nitrogen and oxygen atoms in total. The second-order valence-corrected chi connectivity index (χ2v) is 5.94. The van der Waals surface area contributed by atoms with E-state index in [0.717, 1.165) is 16.5 Å². The molecule has 3 rings (SSSR count). The number of pyridine rings is 1. The number of aryl methyl sites for hydroxylation is 1. The second kappa shape index (κ2) is 7.66. The molecule has 25 heavy (non-hydrogen) atoms. The van der Waals surface area contributed by atoms with Gasteiger partial charge in [-0.15, -0.1) is 0 Å². The van der Waals surface area contributed by atoms with Crippen LogP contribution in [-0.4, -0.2) is 17.1 Å². The first-order chi connectivity index (χ1) is 12.1. The van der Waals surface area contributed by atoms with E-state index in [1.165, 1.54) is 0 Å². The van der Waals surface area contributed by atoms with Crippen LogP contribution in [0.5, 0.6) is 0 Å². The second-order valence-electron chi connectivity index (χ2n) is 5.94. The van der Waals surface area contributed by atoms with Crippen LogP contribution in [0.2, 0.25) is 0 Å². The summed E-state index contributed by atoms with van der Waals surface area (Å²) in [6, 6.07) is 19.1. The number of urea groups is 1. The Hall–Kier alpha value is -3.08. The number of carbonyl (C=O) groups is 1. The zero-order chi connectivity index (χ0) is 17.6. The molecule has 0 saturated carbocycles. The molecule has 1 aromatic heterocycles. The van der Waals surface area contributed by atoms with Gasteiger partial charge in [-0.1, -0.05) is 48.5 Å². The predicted molar refractivity (Wildman–Crippen MR) is 99.6 cm³/mol. The van der Waals surface area contributed by atoms with Crippen molar-refractivity contribution < 1.29 is 4.79 Å². The van der Waals surface area contributed by atoms with Gasteiger partial charge in [0.05, 0.1) is 5.52 Å². The van der Waals surface area contributed by atoms with Gasteiger partial charge in [-0.3, -0.25) is 4.79 Å². The summed E-state index contributed by atoms with van der Waals surface area (Å²) >= 11 is 0. The van der Waals surface area contributed by atoms with Gasteiger partial charge in [0.1, 0.15) is 0 Å². The molecular weight excluding hydrogens is 314 g/mol. The van der Waals surface area contributed by atoms with Crippen molar-refractivity contribution in [1.29, 1.82) is 0 Å². The number of benzene rings is 2. The minimum absolute atomic E-state index is 0.0230. The van der Waals surface area contributed by atoms with Crippen molar-refractivity contribution in [1.82, 2.24) is 15.2 Å². The molecule has 128 valence electrons. The van der Waals surface area contributed by atoms with Crippen molar-refractivity contribution in [3.05, 3.63) is 82.1 Å². The summed E-state index contributed by atoms with van der Waals surface area (Å²) in [5.41, 5.74) is 2.60. The molecule has 0 atom stereocenters. The fraction of sp³-hybridized carbons (Fsp3) is 0.200. The fourth-order valence-electron chi connectivity index (χ4n) is 2.82. The van der Waals surface area contributed by atoms with Crippen LogP contribution < -0.4 is 16.2 Å². The SMILES string of the molecule is Cc1cc2ccccc2n(CCNC(=O)NCc2ccccc2)c1=O. The normalized spacial score (nSPS) is 10.6. The lowest BCUT2D eigenvalue weighted by Crippen LogP contribution is -2.38. The highest BCUT2D eigenvalue weighted by atomic mass is 16.2. The number of rotatable bonds is 5. The molecule has 0 aliphatic rings. The molecule has 2 N–H and O–H groups in total. The molecular formula is C20H21N3O2. The zero-order valence-corrected chi connectivity index (χ0v) is 14.2. The van der Waals surface area contributed by atoms with Gasteiger partial charge in [0.2, 0.25) is 0 Å².